The third-order valence-corrected chi connectivity index (χ3v) is 3.58. The summed E-state index contributed by atoms with van der Waals surface area (Å²) in [5.74, 6) is 0. The van der Waals surface area contributed by atoms with Gasteiger partial charge in [0, 0.05) is 12.4 Å². The van der Waals surface area contributed by atoms with E-state index in [1.165, 1.54) is 76.2 Å². The molecule has 0 unspecified atom stereocenters. The second kappa shape index (κ2) is 11.3. The highest BCUT2D eigenvalue weighted by molar-refractivity contribution is 5.07. The van der Waals surface area contributed by atoms with Gasteiger partial charge in [-0.15, -0.1) is 0 Å². The first-order valence-electron chi connectivity index (χ1n) is 7.75. The Hall–Kier alpha value is -0.760. The molecule has 1 aromatic heterocycles. The summed E-state index contributed by atoms with van der Waals surface area (Å²) in [4.78, 5) is 3.11. The van der Waals surface area contributed by atoms with Crippen LogP contribution in [0.25, 0.3) is 0 Å². The van der Waals surface area contributed by atoms with Gasteiger partial charge in [0.05, 0.1) is 0 Å². The van der Waals surface area contributed by atoms with Crippen molar-refractivity contribution in [2.45, 2.75) is 70.6 Å². The number of aryl methyl sites for hydroxylation is 1. The van der Waals surface area contributed by atoms with E-state index in [-0.39, 0.29) is 0 Å². The molecule has 0 spiro atoms. The number of hydrogen-bond donors (Lipinski definition) is 2. The first-order valence-corrected chi connectivity index (χ1v) is 7.75. The van der Waals surface area contributed by atoms with Gasteiger partial charge in [-0.25, -0.2) is 0 Å². The Kier molecular flexibility index (Phi) is 9.64. The summed E-state index contributed by atoms with van der Waals surface area (Å²) in [6.45, 7) is 0.862. The van der Waals surface area contributed by atoms with Crippen molar-refractivity contribution in [3.8, 4) is 0 Å². The summed E-state index contributed by atoms with van der Waals surface area (Å²) < 4.78 is 0. The lowest BCUT2D eigenvalue weighted by Gasteiger charge is -2.02. The van der Waals surface area contributed by atoms with Crippen molar-refractivity contribution in [3.63, 3.8) is 0 Å². The fourth-order valence-corrected chi connectivity index (χ4v) is 2.40. The van der Waals surface area contributed by atoms with E-state index in [0.29, 0.717) is 0 Å². The fourth-order valence-electron chi connectivity index (χ4n) is 2.40. The molecule has 0 aromatic carbocycles. The molecule has 1 rings (SSSR count). The maximum absolute atomic E-state index is 5.47. The van der Waals surface area contributed by atoms with Crippen molar-refractivity contribution in [1.29, 1.82) is 0 Å². The van der Waals surface area contributed by atoms with Crippen molar-refractivity contribution in [2.75, 3.05) is 6.54 Å². The number of H-pyrrole nitrogens is 1. The highest BCUT2D eigenvalue weighted by atomic mass is 14.6. The van der Waals surface area contributed by atoms with Crippen LogP contribution in [0.15, 0.2) is 18.5 Å². The van der Waals surface area contributed by atoms with Crippen molar-refractivity contribution < 1.29 is 0 Å². The number of aromatic nitrogens is 1. The molecule has 104 valence electrons. The van der Waals surface area contributed by atoms with Crippen LogP contribution in [-0.2, 0) is 6.42 Å². The second-order valence-electron chi connectivity index (χ2n) is 5.29. The lowest BCUT2D eigenvalue weighted by atomic mass is 10.0. The molecule has 0 saturated heterocycles. The molecule has 2 nitrogen and oxygen atoms in total. The summed E-state index contributed by atoms with van der Waals surface area (Å²) in [5.41, 5.74) is 6.92. The van der Waals surface area contributed by atoms with Crippen molar-refractivity contribution in [2.24, 2.45) is 5.73 Å². The van der Waals surface area contributed by atoms with E-state index < -0.39 is 0 Å². The smallest absolute Gasteiger partial charge is 0.00373 e. The third kappa shape index (κ3) is 8.35. The molecule has 0 saturated carbocycles. The monoisotopic (exact) mass is 250 g/mol. The van der Waals surface area contributed by atoms with Crippen LogP contribution in [0.5, 0.6) is 0 Å². The van der Waals surface area contributed by atoms with E-state index in [9.17, 15) is 0 Å². The Bertz CT molecular complexity index is 254. The first kappa shape index (κ1) is 15.3. The average molecular weight is 250 g/mol. The Morgan fingerprint density at radius 2 is 1.33 bits per heavy atom. The summed E-state index contributed by atoms with van der Waals surface area (Å²) >= 11 is 0. The standard InChI is InChI=1S/C16H30N2/c17-13-10-8-6-4-2-1-3-5-7-9-11-16-12-14-18-15-16/h12,14-15,18H,1-11,13,17H2. The molecule has 2 heteroatoms. The normalized spacial score (nSPS) is 10.9. The number of rotatable bonds is 12. The van der Waals surface area contributed by atoms with Crippen LogP contribution in [-0.4, -0.2) is 11.5 Å². The maximum Gasteiger partial charge on any atom is 0.00373 e. The third-order valence-electron chi connectivity index (χ3n) is 3.58. The van der Waals surface area contributed by atoms with E-state index in [2.05, 4.69) is 17.2 Å². The van der Waals surface area contributed by atoms with Gasteiger partial charge in [0.25, 0.3) is 0 Å². The molecule has 0 aliphatic rings. The molecule has 0 aliphatic carbocycles. The predicted octanol–water partition coefficient (Wildman–Crippen LogP) is 4.42. The lowest BCUT2D eigenvalue weighted by Crippen LogP contribution is -1.97. The van der Waals surface area contributed by atoms with Gasteiger partial charge in [-0.2, -0.15) is 0 Å². The zero-order chi connectivity index (χ0) is 12.9. The van der Waals surface area contributed by atoms with E-state index in [0.717, 1.165) is 6.54 Å². The maximum atomic E-state index is 5.47. The summed E-state index contributed by atoms with van der Waals surface area (Å²) in [6.07, 6.45) is 19.1. The van der Waals surface area contributed by atoms with Gasteiger partial charge < -0.3 is 10.7 Å². The van der Waals surface area contributed by atoms with E-state index in [1.54, 1.807) is 0 Å². The van der Waals surface area contributed by atoms with Crippen LogP contribution in [0, 0.1) is 0 Å². The zero-order valence-electron chi connectivity index (χ0n) is 11.8. The Morgan fingerprint density at radius 3 is 1.83 bits per heavy atom. The molecule has 3 N–H and O–H groups in total. The fraction of sp³-hybridized carbons (Fsp3) is 0.750. The lowest BCUT2D eigenvalue weighted by molar-refractivity contribution is 0.553. The van der Waals surface area contributed by atoms with Gasteiger partial charge in [-0.05, 0) is 37.4 Å². The van der Waals surface area contributed by atoms with Crippen LogP contribution < -0.4 is 5.73 Å². The quantitative estimate of drug-likeness (QED) is 0.530. The minimum atomic E-state index is 0.862. The minimum absolute atomic E-state index is 0.862. The largest absolute Gasteiger partial charge is 0.367 e. The van der Waals surface area contributed by atoms with Gasteiger partial charge in [0.15, 0.2) is 0 Å². The van der Waals surface area contributed by atoms with Gasteiger partial charge in [0.2, 0.25) is 0 Å². The molecule has 0 radical (unpaired) electrons. The Labute approximate surface area is 112 Å². The molecule has 0 amide bonds. The van der Waals surface area contributed by atoms with E-state index >= 15 is 0 Å². The predicted molar refractivity (Wildman–Crippen MR) is 79.7 cm³/mol. The van der Waals surface area contributed by atoms with Gasteiger partial charge in [0.1, 0.15) is 0 Å². The van der Waals surface area contributed by atoms with Gasteiger partial charge in [-0.1, -0.05) is 51.4 Å². The molecule has 1 heterocycles. The van der Waals surface area contributed by atoms with Crippen molar-refractivity contribution in [3.05, 3.63) is 24.0 Å². The summed E-state index contributed by atoms with van der Waals surface area (Å²) in [7, 11) is 0. The number of nitrogens with two attached hydrogens (primary N) is 1. The number of hydrogen-bond acceptors (Lipinski definition) is 1. The number of nitrogens with one attached hydrogen (secondary N) is 1. The van der Waals surface area contributed by atoms with Crippen LogP contribution in [0.1, 0.15) is 69.8 Å². The molecule has 18 heavy (non-hydrogen) atoms. The summed E-state index contributed by atoms with van der Waals surface area (Å²) in [5, 5.41) is 0. The van der Waals surface area contributed by atoms with Crippen molar-refractivity contribution in [1.82, 2.24) is 4.98 Å². The van der Waals surface area contributed by atoms with Gasteiger partial charge >= 0.3 is 0 Å². The van der Waals surface area contributed by atoms with Crippen LogP contribution in [0.4, 0.5) is 0 Å². The summed E-state index contributed by atoms with van der Waals surface area (Å²) in [6, 6.07) is 2.18. The van der Waals surface area contributed by atoms with E-state index in [4.69, 9.17) is 5.73 Å². The Balaban J connectivity index is 1.73. The zero-order valence-corrected chi connectivity index (χ0v) is 11.8. The Morgan fingerprint density at radius 1 is 0.778 bits per heavy atom. The number of aromatic amines is 1. The topological polar surface area (TPSA) is 41.8 Å². The second-order valence-corrected chi connectivity index (χ2v) is 5.29. The molecule has 0 atom stereocenters. The highest BCUT2D eigenvalue weighted by Crippen LogP contribution is 2.12. The van der Waals surface area contributed by atoms with Crippen LogP contribution >= 0.6 is 0 Å². The van der Waals surface area contributed by atoms with Crippen LogP contribution in [0.2, 0.25) is 0 Å². The van der Waals surface area contributed by atoms with Crippen molar-refractivity contribution >= 4 is 0 Å². The SMILES string of the molecule is NCCCCCCCCCCCCc1cc[nH]c1. The van der Waals surface area contributed by atoms with E-state index in [1.807, 2.05) is 6.20 Å². The minimum Gasteiger partial charge on any atom is -0.367 e. The number of unbranched alkanes of at least 4 members (excludes halogenated alkanes) is 9. The first-order chi connectivity index (χ1) is 8.93. The van der Waals surface area contributed by atoms with Crippen LogP contribution in [0.3, 0.4) is 0 Å². The molecule has 0 bridgehead atoms. The average Bonchev–Trinajstić information content (AvgIpc) is 2.89. The highest BCUT2D eigenvalue weighted by Gasteiger charge is 1.95. The molecule has 1 aromatic rings. The molecule has 0 fully saturated rings. The molecule has 0 aliphatic heterocycles. The molecular formula is C16H30N2. The molecular weight excluding hydrogens is 220 g/mol. The van der Waals surface area contributed by atoms with Gasteiger partial charge in [-0.3, -0.25) is 0 Å².